The molecule has 1 aliphatic carbocycles. The summed E-state index contributed by atoms with van der Waals surface area (Å²) in [5.41, 5.74) is 5.92. The Hall–Kier alpha value is -1.91. The lowest BCUT2D eigenvalue weighted by Crippen LogP contribution is -2.33. The molecule has 5 nitrogen and oxygen atoms in total. The van der Waals surface area contributed by atoms with Crippen LogP contribution in [0.5, 0.6) is 0 Å². The van der Waals surface area contributed by atoms with Crippen LogP contribution in [0.1, 0.15) is 36.0 Å². The summed E-state index contributed by atoms with van der Waals surface area (Å²) < 4.78 is 0. The molecule has 1 aliphatic rings. The molecule has 0 aliphatic heterocycles. The molecule has 0 atom stereocenters. The monoisotopic (exact) mass is 261 g/mol. The third kappa shape index (κ3) is 3.77. The van der Waals surface area contributed by atoms with Crippen LogP contribution in [0.4, 0.5) is 0 Å². The minimum Gasteiger partial charge on any atom is -0.369 e. The number of hydrogen-bond donors (Lipinski definition) is 2. The van der Waals surface area contributed by atoms with Crippen molar-refractivity contribution in [3.05, 3.63) is 30.1 Å². The Morgan fingerprint density at radius 1 is 1.21 bits per heavy atom. The summed E-state index contributed by atoms with van der Waals surface area (Å²) in [7, 11) is 0. The smallest absolute Gasteiger partial charge is 0.251 e. The van der Waals surface area contributed by atoms with E-state index >= 15 is 0 Å². The van der Waals surface area contributed by atoms with E-state index in [2.05, 4.69) is 10.3 Å². The Balaban J connectivity index is 1.75. The highest BCUT2D eigenvalue weighted by Crippen LogP contribution is 2.28. The molecule has 1 saturated carbocycles. The molecule has 1 fully saturated rings. The van der Waals surface area contributed by atoms with Crippen molar-refractivity contribution in [3.63, 3.8) is 0 Å². The molecule has 2 rings (SSSR count). The average molecular weight is 261 g/mol. The molecule has 1 aromatic rings. The van der Waals surface area contributed by atoms with Gasteiger partial charge < -0.3 is 11.1 Å². The van der Waals surface area contributed by atoms with Crippen LogP contribution in [0.2, 0.25) is 0 Å². The van der Waals surface area contributed by atoms with Crippen LogP contribution in [0, 0.1) is 11.8 Å². The Labute approximate surface area is 112 Å². The number of nitrogens with two attached hydrogens (primary N) is 1. The van der Waals surface area contributed by atoms with E-state index in [-0.39, 0.29) is 17.7 Å². The summed E-state index contributed by atoms with van der Waals surface area (Å²) in [5.74, 6) is 0.201. The number of pyridine rings is 1. The Morgan fingerprint density at radius 3 is 2.42 bits per heavy atom. The molecule has 1 aromatic heterocycles. The Kier molecular flexibility index (Phi) is 4.49. The molecule has 2 amide bonds. The zero-order chi connectivity index (χ0) is 13.7. The first-order valence-electron chi connectivity index (χ1n) is 6.64. The van der Waals surface area contributed by atoms with E-state index in [1.54, 1.807) is 24.5 Å². The van der Waals surface area contributed by atoms with Crippen LogP contribution in [-0.2, 0) is 4.79 Å². The van der Waals surface area contributed by atoms with Crippen molar-refractivity contribution >= 4 is 11.8 Å². The van der Waals surface area contributed by atoms with Gasteiger partial charge in [0.15, 0.2) is 0 Å². The minimum absolute atomic E-state index is 0.0205. The Bertz CT molecular complexity index is 439. The number of amides is 2. The highest BCUT2D eigenvalue weighted by atomic mass is 16.2. The fourth-order valence-electron chi connectivity index (χ4n) is 2.49. The number of primary amides is 1. The van der Waals surface area contributed by atoms with Crippen molar-refractivity contribution in [1.29, 1.82) is 0 Å². The van der Waals surface area contributed by atoms with Crippen molar-refractivity contribution in [3.8, 4) is 0 Å². The van der Waals surface area contributed by atoms with Gasteiger partial charge in [0, 0.05) is 30.4 Å². The Morgan fingerprint density at radius 2 is 1.84 bits per heavy atom. The number of carbonyl (C=O) groups excluding carboxylic acids is 2. The number of rotatable bonds is 4. The van der Waals surface area contributed by atoms with Crippen LogP contribution in [0.25, 0.3) is 0 Å². The number of nitrogens with one attached hydrogen (secondary N) is 1. The van der Waals surface area contributed by atoms with Crippen LogP contribution >= 0.6 is 0 Å². The SMILES string of the molecule is NC(=O)C1CCC(CNC(=O)c2ccncc2)CC1. The van der Waals surface area contributed by atoms with Gasteiger partial charge in [0.1, 0.15) is 0 Å². The number of nitrogens with zero attached hydrogens (tertiary/aromatic N) is 1. The summed E-state index contributed by atoms with van der Waals surface area (Å²) in [6, 6.07) is 3.39. The van der Waals surface area contributed by atoms with Crippen molar-refractivity contribution in [2.75, 3.05) is 6.54 Å². The lowest BCUT2D eigenvalue weighted by atomic mass is 9.81. The van der Waals surface area contributed by atoms with Crippen LogP contribution in [-0.4, -0.2) is 23.3 Å². The van der Waals surface area contributed by atoms with E-state index in [9.17, 15) is 9.59 Å². The molecule has 102 valence electrons. The highest BCUT2D eigenvalue weighted by Gasteiger charge is 2.24. The van der Waals surface area contributed by atoms with E-state index in [1.807, 2.05) is 0 Å². The quantitative estimate of drug-likeness (QED) is 0.851. The van der Waals surface area contributed by atoms with Gasteiger partial charge in [-0.25, -0.2) is 0 Å². The first kappa shape index (κ1) is 13.5. The second-order valence-electron chi connectivity index (χ2n) is 5.07. The van der Waals surface area contributed by atoms with Gasteiger partial charge in [0.25, 0.3) is 5.91 Å². The molecule has 3 N–H and O–H groups in total. The predicted octanol–water partition coefficient (Wildman–Crippen LogP) is 1.10. The van der Waals surface area contributed by atoms with Gasteiger partial charge in [0.2, 0.25) is 5.91 Å². The molecule has 0 unspecified atom stereocenters. The number of hydrogen-bond acceptors (Lipinski definition) is 3. The highest BCUT2D eigenvalue weighted by molar-refractivity contribution is 5.93. The van der Waals surface area contributed by atoms with Crippen molar-refractivity contribution < 1.29 is 9.59 Å². The van der Waals surface area contributed by atoms with E-state index < -0.39 is 0 Å². The van der Waals surface area contributed by atoms with Crippen molar-refractivity contribution in [1.82, 2.24) is 10.3 Å². The standard InChI is InChI=1S/C14H19N3O2/c15-13(18)11-3-1-10(2-4-11)9-17-14(19)12-5-7-16-8-6-12/h5-8,10-11H,1-4,9H2,(H2,15,18)(H,17,19). The predicted molar refractivity (Wildman–Crippen MR) is 71.2 cm³/mol. The van der Waals surface area contributed by atoms with Gasteiger partial charge in [-0.3, -0.25) is 14.6 Å². The number of aromatic nitrogens is 1. The summed E-state index contributed by atoms with van der Waals surface area (Å²) in [6.07, 6.45) is 6.78. The minimum atomic E-state index is -0.195. The molecular weight excluding hydrogens is 242 g/mol. The fourth-order valence-corrected chi connectivity index (χ4v) is 2.49. The van der Waals surface area contributed by atoms with E-state index in [0.717, 1.165) is 25.7 Å². The topological polar surface area (TPSA) is 85.1 Å². The van der Waals surface area contributed by atoms with Crippen LogP contribution in [0.3, 0.4) is 0 Å². The van der Waals surface area contributed by atoms with Gasteiger partial charge in [-0.05, 0) is 43.7 Å². The molecule has 0 radical (unpaired) electrons. The summed E-state index contributed by atoms with van der Waals surface area (Å²) in [4.78, 5) is 26.8. The third-order valence-corrected chi connectivity index (χ3v) is 3.74. The summed E-state index contributed by atoms with van der Waals surface area (Å²) >= 11 is 0. The molecular formula is C14H19N3O2. The van der Waals surface area contributed by atoms with Gasteiger partial charge in [-0.1, -0.05) is 0 Å². The second kappa shape index (κ2) is 6.31. The zero-order valence-electron chi connectivity index (χ0n) is 10.8. The lowest BCUT2D eigenvalue weighted by Gasteiger charge is -2.26. The second-order valence-corrected chi connectivity index (χ2v) is 5.07. The largest absolute Gasteiger partial charge is 0.369 e. The van der Waals surface area contributed by atoms with Crippen LogP contribution in [0.15, 0.2) is 24.5 Å². The molecule has 5 heteroatoms. The average Bonchev–Trinajstić information content (AvgIpc) is 2.46. The molecule has 19 heavy (non-hydrogen) atoms. The maximum Gasteiger partial charge on any atom is 0.251 e. The lowest BCUT2D eigenvalue weighted by molar-refractivity contribution is -0.122. The van der Waals surface area contributed by atoms with Crippen molar-refractivity contribution in [2.45, 2.75) is 25.7 Å². The summed E-state index contributed by atoms with van der Waals surface area (Å²) in [6.45, 7) is 0.659. The third-order valence-electron chi connectivity index (χ3n) is 3.74. The maximum atomic E-state index is 11.8. The molecule has 0 aromatic carbocycles. The molecule has 1 heterocycles. The van der Waals surface area contributed by atoms with Crippen molar-refractivity contribution in [2.24, 2.45) is 17.6 Å². The fraction of sp³-hybridized carbons (Fsp3) is 0.500. The summed E-state index contributed by atoms with van der Waals surface area (Å²) in [5, 5.41) is 2.93. The van der Waals surface area contributed by atoms with Gasteiger partial charge in [-0.15, -0.1) is 0 Å². The van der Waals surface area contributed by atoms with E-state index in [4.69, 9.17) is 5.73 Å². The zero-order valence-corrected chi connectivity index (χ0v) is 10.8. The number of carbonyl (C=O) groups is 2. The first-order chi connectivity index (χ1) is 9.16. The molecule has 0 saturated heterocycles. The van der Waals surface area contributed by atoms with E-state index in [1.165, 1.54) is 0 Å². The van der Waals surface area contributed by atoms with Gasteiger partial charge >= 0.3 is 0 Å². The normalized spacial score (nSPS) is 22.7. The van der Waals surface area contributed by atoms with E-state index in [0.29, 0.717) is 18.0 Å². The van der Waals surface area contributed by atoms with Crippen LogP contribution < -0.4 is 11.1 Å². The van der Waals surface area contributed by atoms with Gasteiger partial charge in [0.05, 0.1) is 0 Å². The molecule has 0 bridgehead atoms. The van der Waals surface area contributed by atoms with Gasteiger partial charge in [-0.2, -0.15) is 0 Å². The maximum absolute atomic E-state index is 11.8. The molecule has 0 spiro atoms. The first-order valence-corrected chi connectivity index (χ1v) is 6.64.